The Hall–Kier alpha value is -3.06. The molecule has 1 N–H and O–H groups in total. The van der Waals surface area contributed by atoms with Crippen LogP contribution in [0.4, 0.5) is 5.69 Å². The Bertz CT molecular complexity index is 854. The van der Waals surface area contributed by atoms with Crippen molar-refractivity contribution in [2.24, 2.45) is 0 Å². The topological polar surface area (TPSA) is 12.0 Å². The molecule has 0 fully saturated rings. The molecule has 0 aliphatic heterocycles. The molecular weight excluding hydrogens is 326 g/mol. The van der Waals surface area contributed by atoms with E-state index >= 15 is 0 Å². The molecule has 0 amide bonds. The van der Waals surface area contributed by atoms with Crippen LogP contribution in [0.25, 0.3) is 11.6 Å². The van der Waals surface area contributed by atoms with Gasteiger partial charge in [0.05, 0.1) is 0 Å². The second-order valence-corrected chi connectivity index (χ2v) is 7.67. The third-order valence-corrected chi connectivity index (χ3v) is 4.15. The highest BCUT2D eigenvalue weighted by Crippen LogP contribution is 2.23. The van der Waals surface area contributed by atoms with Gasteiger partial charge in [0.15, 0.2) is 0 Å². The number of allylic oxidation sites excluding steroid dienone is 2. The summed E-state index contributed by atoms with van der Waals surface area (Å²) in [6, 6.07) is 29.6. The standard InChI is InChI=1S/C26H27N/c1-26(2,3)27-24-19-17-21(18-20-24)11-10-16-25(22-12-6-4-7-13-22)23-14-8-5-9-15-23/h4-20,27H,1-3H3. The summed E-state index contributed by atoms with van der Waals surface area (Å²) in [6.07, 6.45) is 6.46. The van der Waals surface area contributed by atoms with Gasteiger partial charge in [0, 0.05) is 11.2 Å². The minimum atomic E-state index is 0.0698. The molecule has 0 aliphatic carbocycles. The first-order chi connectivity index (χ1) is 13.0. The molecule has 0 saturated heterocycles. The molecule has 0 saturated carbocycles. The van der Waals surface area contributed by atoms with E-state index in [1.807, 2.05) is 0 Å². The molecule has 27 heavy (non-hydrogen) atoms. The van der Waals surface area contributed by atoms with E-state index in [0.717, 1.165) is 5.69 Å². The minimum Gasteiger partial charge on any atom is -0.380 e. The van der Waals surface area contributed by atoms with Crippen LogP contribution in [0, 0.1) is 0 Å². The summed E-state index contributed by atoms with van der Waals surface area (Å²) in [5.74, 6) is 0. The van der Waals surface area contributed by atoms with Gasteiger partial charge in [-0.25, -0.2) is 0 Å². The third-order valence-electron chi connectivity index (χ3n) is 4.15. The van der Waals surface area contributed by atoms with Gasteiger partial charge < -0.3 is 5.32 Å². The van der Waals surface area contributed by atoms with Crippen molar-refractivity contribution >= 4 is 17.3 Å². The number of anilines is 1. The van der Waals surface area contributed by atoms with Crippen molar-refractivity contribution in [2.45, 2.75) is 26.3 Å². The minimum absolute atomic E-state index is 0.0698. The van der Waals surface area contributed by atoms with Gasteiger partial charge in [0.25, 0.3) is 0 Å². The summed E-state index contributed by atoms with van der Waals surface area (Å²) in [5, 5.41) is 3.49. The molecule has 0 unspecified atom stereocenters. The fourth-order valence-corrected chi connectivity index (χ4v) is 2.96. The summed E-state index contributed by atoms with van der Waals surface area (Å²) in [4.78, 5) is 0. The molecule has 1 heteroatoms. The van der Waals surface area contributed by atoms with E-state index in [2.05, 4.69) is 129 Å². The number of benzene rings is 3. The van der Waals surface area contributed by atoms with Gasteiger partial charge in [-0.15, -0.1) is 0 Å². The van der Waals surface area contributed by atoms with Crippen LogP contribution in [0.3, 0.4) is 0 Å². The summed E-state index contributed by atoms with van der Waals surface area (Å²) in [7, 11) is 0. The van der Waals surface area contributed by atoms with Gasteiger partial charge >= 0.3 is 0 Å². The average Bonchev–Trinajstić information content (AvgIpc) is 2.67. The molecule has 1 nitrogen and oxygen atoms in total. The molecule has 0 aliphatic rings. The molecule has 136 valence electrons. The highest BCUT2D eigenvalue weighted by molar-refractivity contribution is 5.81. The largest absolute Gasteiger partial charge is 0.380 e. The Kier molecular flexibility index (Phi) is 5.93. The zero-order chi connectivity index (χ0) is 19.1. The molecule has 0 radical (unpaired) electrons. The molecule has 0 atom stereocenters. The number of hydrogen-bond acceptors (Lipinski definition) is 1. The Morgan fingerprint density at radius 3 is 1.70 bits per heavy atom. The van der Waals surface area contributed by atoms with Crippen LogP contribution < -0.4 is 5.32 Å². The zero-order valence-corrected chi connectivity index (χ0v) is 16.3. The SMILES string of the molecule is CC(C)(C)Nc1ccc(C=CC=C(c2ccccc2)c2ccccc2)cc1. The molecule has 0 spiro atoms. The van der Waals surface area contributed by atoms with Crippen LogP contribution in [0.15, 0.2) is 97.1 Å². The molecule has 3 aromatic rings. The van der Waals surface area contributed by atoms with Gasteiger partial charge in [0.2, 0.25) is 0 Å². The van der Waals surface area contributed by atoms with Gasteiger partial charge in [0.1, 0.15) is 0 Å². The first kappa shape index (κ1) is 18.7. The molecule has 3 aromatic carbocycles. The van der Waals surface area contributed by atoms with E-state index in [9.17, 15) is 0 Å². The maximum atomic E-state index is 3.49. The van der Waals surface area contributed by atoms with E-state index in [-0.39, 0.29) is 5.54 Å². The molecule has 0 aromatic heterocycles. The normalized spacial score (nSPS) is 11.4. The van der Waals surface area contributed by atoms with E-state index in [4.69, 9.17) is 0 Å². The van der Waals surface area contributed by atoms with E-state index in [0.29, 0.717) is 0 Å². The molecular formula is C26H27N. The van der Waals surface area contributed by atoms with Crippen LogP contribution >= 0.6 is 0 Å². The summed E-state index contributed by atoms with van der Waals surface area (Å²) in [5.41, 5.74) is 6.06. The van der Waals surface area contributed by atoms with Crippen LogP contribution in [-0.2, 0) is 0 Å². The third kappa shape index (κ3) is 5.72. The maximum absolute atomic E-state index is 3.49. The second kappa shape index (κ2) is 8.55. The number of rotatable bonds is 5. The average molecular weight is 354 g/mol. The van der Waals surface area contributed by atoms with Crippen molar-refractivity contribution in [3.05, 3.63) is 114 Å². The molecule has 0 bridgehead atoms. The first-order valence-electron chi connectivity index (χ1n) is 9.39. The number of hydrogen-bond donors (Lipinski definition) is 1. The van der Waals surface area contributed by atoms with Crippen molar-refractivity contribution in [1.29, 1.82) is 0 Å². The molecule has 3 rings (SSSR count). The molecule has 0 heterocycles. The highest BCUT2D eigenvalue weighted by Gasteiger charge is 2.08. The fraction of sp³-hybridized carbons (Fsp3) is 0.154. The van der Waals surface area contributed by atoms with Gasteiger partial charge in [-0.2, -0.15) is 0 Å². The predicted molar refractivity (Wildman–Crippen MR) is 119 cm³/mol. The lowest BCUT2D eigenvalue weighted by Crippen LogP contribution is -2.25. The van der Waals surface area contributed by atoms with Gasteiger partial charge in [-0.3, -0.25) is 0 Å². The maximum Gasteiger partial charge on any atom is 0.0344 e. The van der Waals surface area contributed by atoms with Crippen LogP contribution in [0.2, 0.25) is 0 Å². The van der Waals surface area contributed by atoms with E-state index < -0.39 is 0 Å². The lowest BCUT2D eigenvalue weighted by Gasteiger charge is -2.22. The first-order valence-corrected chi connectivity index (χ1v) is 9.39. The van der Waals surface area contributed by atoms with Crippen molar-refractivity contribution in [3.63, 3.8) is 0 Å². The highest BCUT2D eigenvalue weighted by atomic mass is 14.9. The van der Waals surface area contributed by atoms with Crippen molar-refractivity contribution in [2.75, 3.05) is 5.32 Å². The van der Waals surface area contributed by atoms with Crippen molar-refractivity contribution in [3.8, 4) is 0 Å². The Morgan fingerprint density at radius 2 is 1.22 bits per heavy atom. The summed E-state index contributed by atoms with van der Waals surface area (Å²) < 4.78 is 0. The Morgan fingerprint density at radius 1 is 0.704 bits per heavy atom. The second-order valence-electron chi connectivity index (χ2n) is 7.67. The fourth-order valence-electron chi connectivity index (χ4n) is 2.96. The number of nitrogens with one attached hydrogen (secondary N) is 1. The Labute approximate surface area is 163 Å². The lowest BCUT2D eigenvalue weighted by molar-refractivity contribution is 0.634. The van der Waals surface area contributed by atoms with Crippen molar-refractivity contribution in [1.82, 2.24) is 0 Å². The van der Waals surface area contributed by atoms with Gasteiger partial charge in [-0.05, 0) is 55.2 Å². The lowest BCUT2D eigenvalue weighted by atomic mass is 9.97. The van der Waals surface area contributed by atoms with Gasteiger partial charge in [-0.1, -0.05) is 91.0 Å². The predicted octanol–water partition coefficient (Wildman–Crippen LogP) is 7.04. The van der Waals surface area contributed by atoms with E-state index in [1.54, 1.807) is 0 Å². The Balaban J connectivity index is 1.82. The van der Waals surface area contributed by atoms with E-state index in [1.165, 1.54) is 22.3 Å². The van der Waals surface area contributed by atoms with Crippen LogP contribution in [-0.4, -0.2) is 5.54 Å². The monoisotopic (exact) mass is 353 g/mol. The van der Waals surface area contributed by atoms with Crippen LogP contribution in [0.1, 0.15) is 37.5 Å². The smallest absolute Gasteiger partial charge is 0.0344 e. The zero-order valence-electron chi connectivity index (χ0n) is 16.3. The summed E-state index contributed by atoms with van der Waals surface area (Å²) in [6.45, 7) is 6.50. The van der Waals surface area contributed by atoms with Crippen LogP contribution in [0.5, 0.6) is 0 Å². The quantitative estimate of drug-likeness (QED) is 0.485. The van der Waals surface area contributed by atoms with Crippen molar-refractivity contribution < 1.29 is 0 Å². The summed E-state index contributed by atoms with van der Waals surface area (Å²) >= 11 is 0.